The van der Waals surface area contributed by atoms with Crippen LogP contribution in [0.5, 0.6) is 5.75 Å². The summed E-state index contributed by atoms with van der Waals surface area (Å²) in [7, 11) is -3.04. The van der Waals surface area contributed by atoms with Crippen LogP contribution in [-0.4, -0.2) is 55.8 Å². The van der Waals surface area contributed by atoms with E-state index in [1.807, 2.05) is 6.92 Å². The van der Waals surface area contributed by atoms with E-state index in [0.717, 1.165) is 0 Å². The van der Waals surface area contributed by atoms with E-state index in [1.54, 1.807) is 17.0 Å². The van der Waals surface area contributed by atoms with Gasteiger partial charge in [0.1, 0.15) is 5.75 Å². The van der Waals surface area contributed by atoms with E-state index in [9.17, 15) is 18.0 Å². The molecular formula is C15H20N2O5S. The summed E-state index contributed by atoms with van der Waals surface area (Å²) < 4.78 is 28.5. The molecule has 0 radical (unpaired) electrons. The normalized spacial score (nSPS) is 19.3. The van der Waals surface area contributed by atoms with Crippen molar-refractivity contribution in [2.75, 3.05) is 24.7 Å². The first kappa shape index (κ1) is 17.3. The van der Waals surface area contributed by atoms with Crippen LogP contribution in [0.4, 0.5) is 0 Å². The van der Waals surface area contributed by atoms with Gasteiger partial charge in [-0.2, -0.15) is 0 Å². The van der Waals surface area contributed by atoms with Crippen LogP contribution >= 0.6 is 0 Å². The number of sulfone groups is 1. The Morgan fingerprint density at radius 1 is 1.30 bits per heavy atom. The smallest absolute Gasteiger partial charge is 0.260 e. The maximum Gasteiger partial charge on any atom is 0.260 e. The van der Waals surface area contributed by atoms with Crippen LogP contribution in [0.25, 0.3) is 0 Å². The summed E-state index contributed by atoms with van der Waals surface area (Å²) in [5, 5.41) is 0. The number of hydrogen-bond donors (Lipinski definition) is 1. The molecular weight excluding hydrogens is 320 g/mol. The number of carbonyl (C=O) groups is 2. The highest BCUT2D eigenvalue weighted by Gasteiger charge is 2.33. The number of benzene rings is 1. The average Bonchev–Trinajstić information content (AvgIpc) is 2.86. The summed E-state index contributed by atoms with van der Waals surface area (Å²) >= 11 is 0. The SMILES string of the molecule is CCN(C(=O)COc1ccc(C(N)=O)cc1)[C@@H]1CCS(=O)(=O)C1. The molecule has 2 amide bonds. The molecule has 8 heteroatoms. The first-order chi connectivity index (χ1) is 10.8. The minimum Gasteiger partial charge on any atom is -0.484 e. The van der Waals surface area contributed by atoms with E-state index >= 15 is 0 Å². The number of ether oxygens (including phenoxy) is 1. The number of nitrogens with zero attached hydrogens (tertiary/aromatic N) is 1. The summed E-state index contributed by atoms with van der Waals surface area (Å²) in [6.45, 7) is 2.06. The van der Waals surface area contributed by atoms with Crippen molar-refractivity contribution in [2.24, 2.45) is 5.73 Å². The molecule has 1 aromatic carbocycles. The van der Waals surface area contributed by atoms with Gasteiger partial charge in [0.05, 0.1) is 11.5 Å². The minimum absolute atomic E-state index is 0.0138. The van der Waals surface area contributed by atoms with Crippen molar-refractivity contribution < 1.29 is 22.7 Å². The molecule has 1 aromatic rings. The Kier molecular flexibility index (Phi) is 5.25. The van der Waals surface area contributed by atoms with Gasteiger partial charge in [-0.1, -0.05) is 0 Å². The molecule has 0 spiro atoms. The molecule has 7 nitrogen and oxygen atoms in total. The van der Waals surface area contributed by atoms with E-state index in [1.165, 1.54) is 12.1 Å². The van der Waals surface area contributed by atoms with Gasteiger partial charge in [0.2, 0.25) is 5.91 Å². The Bertz CT molecular complexity index is 684. The molecule has 1 heterocycles. The number of likely N-dealkylation sites (N-methyl/N-ethyl adjacent to an activating group) is 1. The molecule has 1 fully saturated rings. The number of amides is 2. The highest BCUT2D eigenvalue weighted by molar-refractivity contribution is 7.91. The van der Waals surface area contributed by atoms with E-state index < -0.39 is 15.7 Å². The van der Waals surface area contributed by atoms with Gasteiger partial charge in [0, 0.05) is 18.2 Å². The summed E-state index contributed by atoms with van der Waals surface area (Å²) in [6.07, 6.45) is 0.467. The molecule has 0 saturated carbocycles. The zero-order chi connectivity index (χ0) is 17.0. The van der Waals surface area contributed by atoms with Crippen LogP contribution in [0.3, 0.4) is 0 Å². The molecule has 2 N–H and O–H groups in total. The standard InChI is InChI=1S/C15H20N2O5S/c1-2-17(12-7-8-23(20,21)10-12)14(18)9-22-13-5-3-11(4-6-13)15(16)19/h3-6,12H,2,7-10H2,1H3,(H2,16,19)/t12-/m1/s1. The number of primary amides is 1. The molecule has 1 atom stereocenters. The fourth-order valence-corrected chi connectivity index (χ4v) is 4.33. The minimum atomic E-state index is -3.04. The topological polar surface area (TPSA) is 107 Å². The maximum absolute atomic E-state index is 12.3. The fourth-order valence-electron chi connectivity index (χ4n) is 2.60. The summed E-state index contributed by atoms with van der Waals surface area (Å²) in [5.74, 6) is -0.212. The summed E-state index contributed by atoms with van der Waals surface area (Å²) in [5.41, 5.74) is 5.50. The van der Waals surface area contributed by atoms with Crippen molar-refractivity contribution in [3.63, 3.8) is 0 Å². The van der Waals surface area contributed by atoms with Crippen LogP contribution in [0.1, 0.15) is 23.7 Å². The Hall–Kier alpha value is -2.09. The van der Waals surface area contributed by atoms with Crippen molar-refractivity contribution in [1.29, 1.82) is 0 Å². The Morgan fingerprint density at radius 2 is 1.96 bits per heavy atom. The number of nitrogens with two attached hydrogens (primary N) is 1. The van der Waals surface area contributed by atoms with Crippen LogP contribution in [-0.2, 0) is 14.6 Å². The second-order valence-corrected chi connectivity index (χ2v) is 7.64. The molecule has 126 valence electrons. The van der Waals surface area contributed by atoms with Gasteiger partial charge in [-0.15, -0.1) is 0 Å². The zero-order valence-electron chi connectivity index (χ0n) is 12.9. The van der Waals surface area contributed by atoms with Crippen molar-refractivity contribution in [1.82, 2.24) is 4.90 Å². The summed E-state index contributed by atoms with van der Waals surface area (Å²) in [6, 6.07) is 5.87. The van der Waals surface area contributed by atoms with Gasteiger partial charge in [0.25, 0.3) is 5.91 Å². The predicted molar refractivity (Wildman–Crippen MR) is 84.9 cm³/mol. The van der Waals surface area contributed by atoms with E-state index in [2.05, 4.69) is 0 Å². The van der Waals surface area contributed by atoms with Crippen LogP contribution in [0.2, 0.25) is 0 Å². The molecule has 23 heavy (non-hydrogen) atoms. The first-order valence-electron chi connectivity index (χ1n) is 7.35. The Balaban J connectivity index is 1.93. The second kappa shape index (κ2) is 6.99. The van der Waals surface area contributed by atoms with Crippen LogP contribution in [0, 0.1) is 0 Å². The van der Waals surface area contributed by atoms with Crippen molar-refractivity contribution in [3.8, 4) is 5.75 Å². The highest BCUT2D eigenvalue weighted by Crippen LogP contribution is 2.18. The maximum atomic E-state index is 12.3. The molecule has 1 aliphatic rings. The largest absolute Gasteiger partial charge is 0.484 e. The quantitative estimate of drug-likeness (QED) is 0.796. The predicted octanol–water partition coefficient (Wildman–Crippen LogP) is 0.200. The third-order valence-electron chi connectivity index (χ3n) is 3.81. The lowest BCUT2D eigenvalue weighted by Gasteiger charge is -2.26. The molecule has 0 aliphatic carbocycles. The average molecular weight is 340 g/mol. The van der Waals surface area contributed by atoms with Gasteiger partial charge >= 0.3 is 0 Å². The van der Waals surface area contributed by atoms with Crippen molar-refractivity contribution in [3.05, 3.63) is 29.8 Å². The molecule has 0 bridgehead atoms. The monoisotopic (exact) mass is 340 g/mol. The van der Waals surface area contributed by atoms with Gasteiger partial charge in [-0.3, -0.25) is 9.59 Å². The lowest BCUT2D eigenvalue weighted by Crippen LogP contribution is -2.43. The Labute approximate surface area is 135 Å². The highest BCUT2D eigenvalue weighted by atomic mass is 32.2. The lowest BCUT2D eigenvalue weighted by atomic mass is 10.2. The molecule has 0 aromatic heterocycles. The third-order valence-corrected chi connectivity index (χ3v) is 5.56. The van der Waals surface area contributed by atoms with Crippen molar-refractivity contribution in [2.45, 2.75) is 19.4 Å². The molecule has 1 aliphatic heterocycles. The lowest BCUT2D eigenvalue weighted by molar-refractivity contribution is -0.135. The number of hydrogen-bond acceptors (Lipinski definition) is 5. The second-order valence-electron chi connectivity index (χ2n) is 5.41. The van der Waals surface area contributed by atoms with E-state index in [4.69, 9.17) is 10.5 Å². The molecule has 0 unspecified atom stereocenters. The van der Waals surface area contributed by atoms with Crippen molar-refractivity contribution >= 4 is 21.7 Å². The van der Waals surface area contributed by atoms with Crippen LogP contribution < -0.4 is 10.5 Å². The van der Waals surface area contributed by atoms with Gasteiger partial charge < -0.3 is 15.4 Å². The molecule has 2 rings (SSSR count). The summed E-state index contributed by atoms with van der Waals surface area (Å²) in [4.78, 5) is 24.8. The number of carbonyl (C=O) groups excluding carboxylic acids is 2. The van der Waals surface area contributed by atoms with Crippen LogP contribution in [0.15, 0.2) is 24.3 Å². The zero-order valence-corrected chi connectivity index (χ0v) is 13.7. The molecule has 1 saturated heterocycles. The fraction of sp³-hybridized carbons (Fsp3) is 0.467. The van der Waals surface area contributed by atoms with E-state index in [-0.39, 0.29) is 30.1 Å². The third kappa shape index (κ3) is 4.44. The first-order valence-corrected chi connectivity index (χ1v) is 9.17. The Morgan fingerprint density at radius 3 is 2.43 bits per heavy atom. The van der Waals surface area contributed by atoms with Gasteiger partial charge in [0.15, 0.2) is 16.4 Å². The van der Waals surface area contributed by atoms with Gasteiger partial charge in [-0.05, 0) is 37.6 Å². The van der Waals surface area contributed by atoms with E-state index in [0.29, 0.717) is 24.3 Å². The van der Waals surface area contributed by atoms with Gasteiger partial charge in [-0.25, -0.2) is 8.42 Å². The number of rotatable bonds is 6.